The fourth-order valence-corrected chi connectivity index (χ4v) is 2.87. The predicted octanol–water partition coefficient (Wildman–Crippen LogP) is 1.04. The van der Waals surface area contributed by atoms with Crippen LogP contribution in [-0.2, 0) is 14.4 Å². The number of nitro benzene ring substituents is 1. The third-order valence-electron chi connectivity index (χ3n) is 4.02. The van der Waals surface area contributed by atoms with E-state index in [2.05, 4.69) is 0 Å². The molecule has 0 atom stereocenters. The number of rotatable bonds is 6. The van der Waals surface area contributed by atoms with Gasteiger partial charge in [0.15, 0.2) is 0 Å². The van der Waals surface area contributed by atoms with Gasteiger partial charge in [0, 0.05) is 22.7 Å². The fourth-order valence-electron chi connectivity index (χ4n) is 2.69. The first kappa shape index (κ1) is 21.5. The molecule has 1 fully saturated rings. The highest BCUT2D eigenvalue weighted by Gasteiger charge is 2.37. The number of aliphatic carboxylic acids is 1. The van der Waals surface area contributed by atoms with Crippen molar-refractivity contribution in [2.45, 2.75) is 0 Å². The molecule has 0 radical (unpaired) electrons. The van der Waals surface area contributed by atoms with Gasteiger partial charge < -0.3 is 14.6 Å². The van der Waals surface area contributed by atoms with Crippen molar-refractivity contribution < 1.29 is 33.9 Å². The van der Waals surface area contributed by atoms with Crippen LogP contribution >= 0.6 is 11.6 Å². The lowest BCUT2D eigenvalue weighted by Gasteiger charge is -2.26. The molecule has 1 aliphatic rings. The first-order chi connectivity index (χ1) is 14.7. The number of hydrogen-bond acceptors (Lipinski definition) is 8. The van der Waals surface area contributed by atoms with E-state index in [0.717, 1.165) is 12.1 Å². The Morgan fingerprint density at radius 3 is 2.61 bits per heavy atom. The average Bonchev–Trinajstić information content (AvgIpc) is 2.70. The first-order valence-corrected chi connectivity index (χ1v) is 8.83. The van der Waals surface area contributed by atoms with Gasteiger partial charge in [0.05, 0.1) is 16.6 Å². The number of nitrogens with zero attached hydrogens (tertiary/aromatic N) is 2. The number of barbiturate groups is 1. The van der Waals surface area contributed by atoms with Crippen LogP contribution in [0.15, 0.2) is 48.0 Å². The zero-order valence-corrected chi connectivity index (χ0v) is 16.1. The van der Waals surface area contributed by atoms with Crippen molar-refractivity contribution in [1.29, 1.82) is 0 Å². The molecule has 0 aliphatic carbocycles. The number of amides is 4. The van der Waals surface area contributed by atoms with Crippen LogP contribution in [0.1, 0.15) is 5.56 Å². The third kappa shape index (κ3) is 4.67. The van der Waals surface area contributed by atoms with Gasteiger partial charge in [0.1, 0.15) is 17.9 Å². The summed E-state index contributed by atoms with van der Waals surface area (Å²) in [7, 11) is 0. The number of anilines is 1. The Morgan fingerprint density at radius 2 is 1.94 bits per heavy atom. The minimum absolute atomic E-state index is 0.0134. The first-order valence-electron chi connectivity index (χ1n) is 8.45. The second-order valence-corrected chi connectivity index (χ2v) is 6.51. The van der Waals surface area contributed by atoms with Crippen molar-refractivity contribution in [2.24, 2.45) is 0 Å². The molecule has 12 heteroatoms. The maximum absolute atomic E-state index is 12.9. The zero-order chi connectivity index (χ0) is 22.7. The number of imide groups is 2. The molecule has 3 rings (SSSR count). The monoisotopic (exact) mass is 444 g/mol. The number of urea groups is 1. The Kier molecular flexibility index (Phi) is 5.97. The van der Waals surface area contributed by atoms with Crippen LogP contribution in [-0.4, -0.2) is 35.3 Å². The molecule has 4 amide bonds. The summed E-state index contributed by atoms with van der Waals surface area (Å²) < 4.78 is 5.08. The number of non-ortho nitro benzene ring substituents is 1. The molecule has 1 saturated heterocycles. The van der Waals surface area contributed by atoms with Crippen molar-refractivity contribution in [3.8, 4) is 5.75 Å². The number of carbonyl (C=O) groups is 4. The Balaban J connectivity index is 2.04. The second kappa shape index (κ2) is 8.63. The van der Waals surface area contributed by atoms with Gasteiger partial charge in [-0.1, -0.05) is 17.7 Å². The number of carboxylic acid groups (broad SMARTS) is 1. The molecule has 0 unspecified atom stereocenters. The van der Waals surface area contributed by atoms with E-state index in [4.69, 9.17) is 16.3 Å². The van der Waals surface area contributed by atoms with Gasteiger partial charge in [-0.15, -0.1) is 0 Å². The third-order valence-corrected chi connectivity index (χ3v) is 4.25. The molecular formula is C19H11ClN3O8-. The number of ether oxygens (including phenoxy) is 1. The number of nitrogens with one attached hydrogen (secondary N) is 1. The molecule has 1 heterocycles. The average molecular weight is 445 g/mol. The van der Waals surface area contributed by atoms with E-state index in [9.17, 15) is 34.4 Å². The maximum atomic E-state index is 12.9. The summed E-state index contributed by atoms with van der Waals surface area (Å²) in [5.41, 5.74) is -0.921. The number of carbonyl (C=O) groups excluding carboxylic acids is 4. The van der Waals surface area contributed by atoms with Crippen LogP contribution < -0.4 is 20.1 Å². The van der Waals surface area contributed by atoms with E-state index >= 15 is 0 Å². The highest BCUT2D eigenvalue weighted by molar-refractivity contribution is 6.39. The van der Waals surface area contributed by atoms with E-state index in [1.54, 1.807) is 0 Å². The number of hydrogen-bond donors (Lipinski definition) is 1. The molecule has 0 spiro atoms. The Bertz CT molecular complexity index is 1160. The van der Waals surface area contributed by atoms with Gasteiger partial charge in [-0.25, -0.2) is 9.69 Å². The summed E-state index contributed by atoms with van der Waals surface area (Å²) in [5, 5.41) is 23.8. The van der Waals surface area contributed by atoms with Crippen LogP contribution in [0.25, 0.3) is 6.08 Å². The largest absolute Gasteiger partial charge is 0.546 e. The van der Waals surface area contributed by atoms with Crippen molar-refractivity contribution >= 4 is 52.9 Å². The molecule has 2 aromatic carbocycles. The molecule has 1 N–H and O–H groups in total. The van der Waals surface area contributed by atoms with Crippen molar-refractivity contribution in [2.75, 3.05) is 11.5 Å². The minimum Gasteiger partial charge on any atom is -0.546 e. The van der Waals surface area contributed by atoms with Gasteiger partial charge in [0.2, 0.25) is 0 Å². The van der Waals surface area contributed by atoms with E-state index in [1.165, 1.54) is 36.4 Å². The molecule has 2 aromatic rings. The predicted molar refractivity (Wildman–Crippen MR) is 104 cm³/mol. The fraction of sp³-hybridized carbons (Fsp3) is 0.0526. The maximum Gasteiger partial charge on any atom is 0.335 e. The summed E-state index contributed by atoms with van der Waals surface area (Å²) in [6.07, 6.45) is 1.06. The van der Waals surface area contributed by atoms with Crippen LogP contribution in [0, 0.1) is 10.1 Å². The summed E-state index contributed by atoms with van der Waals surface area (Å²) in [6, 6.07) is 7.68. The summed E-state index contributed by atoms with van der Waals surface area (Å²) in [5.74, 6) is -3.59. The molecule has 158 valence electrons. The van der Waals surface area contributed by atoms with Crippen molar-refractivity contribution in [1.82, 2.24) is 5.32 Å². The standard InChI is InChI=1S/C19H12ClN3O8/c20-11-4-5-15(31-9-16(24)25)10(6-11)7-14-17(26)21-19(28)22(18(14)27)12-2-1-3-13(8-12)23(29)30/h1-8H,9H2,(H,24,25)(H,21,26,28)/p-1/b14-7+. The van der Waals surface area contributed by atoms with E-state index < -0.39 is 40.9 Å². The summed E-state index contributed by atoms with van der Waals surface area (Å²) >= 11 is 5.94. The SMILES string of the molecule is O=C([O-])COc1ccc(Cl)cc1/C=C1\C(=O)NC(=O)N(c2cccc([N+](=O)[O-])c2)C1=O. The molecule has 1 aliphatic heterocycles. The smallest absolute Gasteiger partial charge is 0.335 e. The van der Waals surface area contributed by atoms with Crippen LogP contribution in [0.4, 0.5) is 16.2 Å². The number of carboxylic acids is 1. The van der Waals surface area contributed by atoms with E-state index in [1.807, 2.05) is 5.32 Å². The lowest BCUT2D eigenvalue weighted by atomic mass is 10.1. The van der Waals surface area contributed by atoms with Crippen LogP contribution in [0.3, 0.4) is 0 Å². The van der Waals surface area contributed by atoms with Gasteiger partial charge in [-0.3, -0.25) is 25.0 Å². The van der Waals surface area contributed by atoms with Crippen molar-refractivity contribution in [3.05, 3.63) is 68.7 Å². The lowest BCUT2D eigenvalue weighted by molar-refractivity contribution is -0.384. The molecule has 0 aromatic heterocycles. The lowest BCUT2D eigenvalue weighted by Crippen LogP contribution is -2.54. The molecule has 0 saturated carbocycles. The molecule has 31 heavy (non-hydrogen) atoms. The Hall–Kier alpha value is -4.25. The number of nitro groups is 1. The highest BCUT2D eigenvalue weighted by atomic mass is 35.5. The molecular weight excluding hydrogens is 434 g/mol. The quantitative estimate of drug-likeness (QED) is 0.299. The second-order valence-electron chi connectivity index (χ2n) is 6.08. The van der Waals surface area contributed by atoms with Crippen LogP contribution in [0.2, 0.25) is 5.02 Å². The van der Waals surface area contributed by atoms with Crippen molar-refractivity contribution in [3.63, 3.8) is 0 Å². The summed E-state index contributed by atoms with van der Waals surface area (Å²) in [6.45, 7) is -0.795. The van der Waals surface area contributed by atoms with E-state index in [0.29, 0.717) is 4.90 Å². The Morgan fingerprint density at radius 1 is 1.19 bits per heavy atom. The van der Waals surface area contributed by atoms with E-state index in [-0.39, 0.29) is 27.7 Å². The van der Waals surface area contributed by atoms with Gasteiger partial charge in [0.25, 0.3) is 17.5 Å². The zero-order valence-electron chi connectivity index (χ0n) is 15.4. The highest BCUT2D eigenvalue weighted by Crippen LogP contribution is 2.29. The number of benzene rings is 2. The minimum atomic E-state index is -1.50. The molecule has 0 bridgehead atoms. The van der Waals surface area contributed by atoms with Gasteiger partial charge in [-0.2, -0.15) is 0 Å². The number of halogens is 1. The normalized spacial score (nSPS) is 15.1. The summed E-state index contributed by atoms with van der Waals surface area (Å²) in [4.78, 5) is 59.0. The topological polar surface area (TPSA) is 159 Å². The van der Waals surface area contributed by atoms with Crippen LogP contribution in [0.5, 0.6) is 5.75 Å². The van der Waals surface area contributed by atoms with Gasteiger partial charge >= 0.3 is 6.03 Å². The van der Waals surface area contributed by atoms with Gasteiger partial charge in [-0.05, 0) is 30.3 Å². The molecule has 11 nitrogen and oxygen atoms in total. The Labute approximate surface area is 178 Å².